The van der Waals surface area contributed by atoms with Crippen molar-refractivity contribution < 1.29 is 19.4 Å². The second-order valence-corrected chi connectivity index (χ2v) is 6.76. The second kappa shape index (κ2) is 16.9. The highest BCUT2D eigenvalue weighted by atomic mass is 16.6. The molecule has 0 aromatic carbocycles. The molecule has 0 saturated carbocycles. The van der Waals surface area contributed by atoms with E-state index in [0.29, 0.717) is 0 Å². The summed E-state index contributed by atoms with van der Waals surface area (Å²) in [5, 5.41) is 9.79. The second-order valence-electron chi connectivity index (χ2n) is 6.76. The highest BCUT2D eigenvalue weighted by molar-refractivity contribution is 5.92. The maximum atomic E-state index is 10.0. The summed E-state index contributed by atoms with van der Waals surface area (Å²) in [6.07, 6.45) is 17.1. The molecule has 0 aromatic heterocycles. The normalized spacial score (nSPS) is 15.0. The number of rotatable bonds is 13. The van der Waals surface area contributed by atoms with Crippen LogP contribution in [0.3, 0.4) is 0 Å². The summed E-state index contributed by atoms with van der Waals surface area (Å²) >= 11 is 0. The average Bonchev–Trinajstić information content (AvgIpc) is 2.94. The Morgan fingerprint density at radius 1 is 0.750 bits per heavy atom. The Labute approximate surface area is 148 Å². The van der Waals surface area contributed by atoms with Gasteiger partial charge in [-0.25, -0.2) is 0 Å². The van der Waals surface area contributed by atoms with E-state index in [1.165, 1.54) is 70.6 Å². The van der Waals surface area contributed by atoms with Gasteiger partial charge in [0, 0.05) is 0 Å². The van der Waals surface area contributed by atoms with E-state index in [0.717, 1.165) is 12.8 Å². The van der Waals surface area contributed by atoms with Crippen molar-refractivity contribution >= 4 is 11.9 Å². The highest BCUT2D eigenvalue weighted by Crippen LogP contribution is 2.13. The van der Waals surface area contributed by atoms with E-state index in [9.17, 15) is 14.7 Å². The van der Waals surface area contributed by atoms with E-state index in [2.05, 4.69) is 18.6 Å². The largest absolute Gasteiger partial charge is 0.393 e. The predicted molar refractivity (Wildman–Crippen MR) is 97.7 cm³/mol. The maximum absolute atomic E-state index is 10.0. The van der Waals surface area contributed by atoms with Crippen LogP contribution >= 0.6 is 0 Å². The molecule has 4 nitrogen and oxygen atoms in total. The van der Waals surface area contributed by atoms with Crippen LogP contribution in [0.2, 0.25) is 0 Å². The van der Waals surface area contributed by atoms with Crippen LogP contribution in [0.15, 0.2) is 0 Å². The first kappa shape index (κ1) is 23.1. The van der Waals surface area contributed by atoms with Gasteiger partial charge in [-0.2, -0.15) is 0 Å². The van der Waals surface area contributed by atoms with Crippen LogP contribution in [-0.2, 0) is 14.3 Å². The van der Waals surface area contributed by atoms with E-state index in [-0.39, 0.29) is 18.9 Å². The average molecular weight is 343 g/mol. The van der Waals surface area contributed by atoms with Crippen molar-refractivity contribution in [2.75, 3.05) is 0 Å². The number of carbonyl (C=O) groups excluding carboxylic acids is 2. The smallest absolute Gasteiger partial charge is 0.314 e. The molecule has 0 aromatic rings. The summed E-state index contributed by atoms with van der Waals surface area (Å²) in [5.41, 5.74) is 0. The maximum Gasteiger partial charge on any atom is 0.314 e. The molecule has 1 fully saturated rings. The molecule has 0 spiro atoms. The molecular formula is C20H38O4. The first-order valence-corrected chi connectivity index (χ1v) is 10.0. The Bertz CT molecular complexity index is 301. The van der Waals surface area contributed by atoms with Crippen molar-refractivity contribution in [3.8, 4) is 0 Å². The first-order valence-electron chi connectivity index (χ1n) is 10.0. The lowest BCUT2D eigenvalue weighted by atomic mass is 10.0. The van der Waals surface area contributed by atoms with Gasteiger partial charge in [0.15, 0.2) is 0 Å². The molecule has 4 heteroatoms. The Morgan fingerprint density at radius 2 is 1.12 bits per heavy atom. The van der Waals surface area contributed by atoms with E-state index >= 15 is 0 Å². The summed E-state index contributed by atoms with van der Waals surface area (Å²) in [5.74, 6) is -0.796. The molecule has 1 rings (SSSR count). The van der Waals surface area contributed by atoms with Gasteiger partial charge in [-0.15, -0.1) is 0 Å². The first-order chi connectivity index (χ1) is 11.6. The number of hydrogen-bond donors (Lipinski definition) is 1. The number of esters is 2. The zero-order chi connectivity index (χ0) is 18.0. The standard InChI is InChI=1S/C16H34O.C4H4O3/c1-3-5-7-9-10-11-13-15-16(17)14-12-8-6-4-2;5-3-1-2-4(6)7-3/h16-17H,3-15H2,1-2H3;1-2H2. The minimum absolute atomic E-state index is 0.0255. The topological polar surface area (TPSA) is 63.6 Å². The number of ether oxygens (including phenoxy) is 1. The third-order valence-electron chi connectivity index (χ3n) is 4.29. The lowest BCUT2D eigenvalue weighted by Crippen LogP contribution is -2.05. The van der Waals surface area contributed by atoms with Crippen molar-refractivity contribution in [1.29, 1.82) is 0 Å². The molecule has 1 saturated heterocycles. The van der Waals surface area contributed by atoms with Gasteiger partial charge < -0.3 is 9.84 Å². The SMILES string of the molecule is CCCCCCCCCC(O)CCCCCC.O=C1CCC(=O)O1. The van der Waals surface area contributed by atoms with Gasteiger partial charge in [-0.1, -0.05) is 84.5 Å². The Balaban J connectivity index is 0.000000620. The summed E-state index contributed by atoms with van der Waals surface area (Å²) in [4.78, 5) is 20.0. The molecule has 1 aliphatic heterocycles. The van der Waals surface area contributed by atoms with Crippen molar-refractivity contribution in [2.24, 2.45) is 0 Å². The van der Waals surface area contributed by atoms with Crippen LogP contribution in [0, 0.1) is 0 Å². The third-order valence-corrected chi connectivity index (χ3v) is 4.29. The monoisotopic (exact) mass is 342 g/mol. The fourth-order valence-corrected chi connectivity index (χ4v) is 2.72. The van der Waals surface area contributed by atoms with Gasteiger partial charge in [-0.3, -0.25) is 9.59 Å². The molecule has 142 valence electrons. The molecule has 24 heavy (non-hydrogen) atoms. The minimum atomic E-state index is -0.398. The van der Waals surface area contributed by atoms with Crippen LogP contribution in [0.5, 0.6) is 0 Å². The van der Waals surface area contributed by atoms with Gasteiger partial charge in [0.1, 0.15) is 0 Å². The Hall–Kier alpha value is -0.900. The molecule has 1 aliphatic rings. The Morgan fingerprint density at radius 3 is 1.50 bits per heavy atom. The van der Waals surface area contributed by atoms with Crippen molar-refractivity contribution in [1.82, 2.24) is 0 Å². The Kier molecular flexibility index (Phi) is 16.3. The minimum Gasteiger partial charge on any atom is -0.393 e. The van der Waals surface area contributed by atoms with Gasteiger partial charge in [0.25, 0.3) is 0 Å². The third kappa shape index (κ3) is 16.0. The van der Waals surface area contributed by atoms with E-state index < -0.39 is 11.9 Å². The number of carbonyl (C=O) groups is 2. The number of unbranched alkanes of at least 4 members (excludes halogenated alkanes) is 9. The summed E-state index contributed by atoms with van der Waals surface area (Å²) < 4.78 is 4.08. The molecule has 1 atom stereocenters. The summed E-state index contributed by atoms with van der Waals surface area (Å²) in [6.45, 7) is 4.49. The van der Waals surface area contributed by atoms with Gasteiger partial charge in [0.05, 0.1) is 18.9 Å². The zero-order valence-electron chi connectivity index (χ0n) is 15.9. The van der Waals surface area contributed by atoms with Crippen LogP contribution in [-0.4, -0.2) is 23.1 Å². The number of cyclic esters (lactones) is 2. The van der Waals surface area contributed by atoms with E-state index in [4.69, 9.17) is 0 Å². The van der Waals surface area contributed by atoms with Crippen LogP contribution < -0.4 is 0 Å². The molecule has 0 amide bonds. The van der Waals surface area contributed by atoms with Gasteiger partial charge in [0.2, 0.25) is 0 Å². The van der Waals surface area contributed by atoms with Crippen molar-refractivity contribution in [3.63, 3.8) is 0 Å². The quantitative estimate of drug-likeness (QED) is 0.280. The fourth-order valence-electron chi connectivity index (χ4n) is 2.72. The molecule has 1 unspecified atom stereocenters. The zero-order valence-corrected chi connectivity index (χ0v) is 15.9. The van der Waals surface area contributed by atoms with E-state index in [1.54, 1.807) is 0 Å². The van der Waals surface area contributed by atoms with Crippen molar-refractivity contribution in [2.45, 2.75) is 116 Å². The molecular weight excluding hydrogens is 304 g/mol. The summed E-state index contributed by atoms with van der Waals surface area (Å²) in [6, 6.07) is 0. The molecule has 0 radical (unpaired) electrons. The van der Waals surface area contributed by atoms with Crippen LogP contribution in [0.4, 0.5) is 0 Å². The lowest BCUT2D eigenvalue weighted by molar-refractivity contribution is -0.151. The lowest BCUT2D eigenvalue weighted by Gasteiger charge is -2.09. The van der Waals surface area contributed by atoms with Gasteiger partial charge in [-0.05, 0) is 12.8 Å². The van der Waals surface area contributed by atoms with Crippen LogP contribution in [0.25, 0.3) is 0 Å². The molecule has 1 heterocycles. The number of hydrogen-bond acceptors (Lipinski definition) is 4. The molecule has 0 bridgehead atoms. The molecule has 1 N–H and O–H groups in total. The molecule has 0 aliphatic carbocycles. The highest BCUT2D eigenvalue weighted by Gasteiger charge is 2.19. The number of aliphatic hydroxyl groups is 1. The summed E-state index contributed by atoms with van der Waals surface area (Å²) in [7, 11) is 0. The van der Waals surface area contributed by atoms with Crippen LogP contribution in [0.1, 0.15) is 110 Å². The predicted octanol–water partition coefficient (Wildman–Crippen LogP) is 5.31. The van der Waals surface area contributed by atoms with Gasteiger partial charge >= 0.3 is 11.9 Å². The van der Waals surface area contributed by atoms with E-state index in [1.807, 2.05) is 0 Å². The fraction of sp³-hybridized carbons (Fsp3) is 0.900. The number of aliphatic hydroxyl groups excluding tert-OH is 1. The van der Waals surface area contributed by atoms with Crippen molar-refractivity contribution in [3.05, 3.63) is 0 Å².